The lowest BCUT2D eigenvalue weighted by molar-refractivity contribution is 0.0459. The zero-order valence-corrected chi connectivity index (χ0v) is 12.9. The van der Waals surface area contributed by atoms with Crippen LogP contribution in [0.3, 0.4) is 0 Å². The maximum absolute atomic E-state index is 12.1. The van der Waals surface area contributed by atoms with Crippen molar-refractivity contribution >= 4 is 22.7 Å². The van der Waals surface area contributed by atoms with E-state index in [1.165, 1.54) is 19.2 Å². The number of aromatic hydroxyl groups is 1. The SMILES string of the molecule is COc1ccc(C(=O)OCc2nc(N)c3ccccc3n2)c(O)c1. The highest BCUT2D eigenvalue weighted by Crippen LogP contribution is 2.24. The monoisotopic (exact) mass is 325 g/mol. The van der Waals surface area contributed by atoms with Crippen LogP contribution in [0.1, 0.15) is 16.2 Å². The standard InChI is InChI=1S/C17H15N3O4/c1-23-10-6-7-12(14(21)8-10)17(22)24-9-15-19-13-5-3-2-4-11(13)16(18)20-15/h2-8,21H,9H2,1H3,(H2,18,19,20). The van der Waals surface area contributed by atoms with Gasteiger partial charge in [0.1, 0.15) is 22.9 Å². The fourth-order valence-corrected chi connectivity index (χ4v) is 2.23. The minimum absolute atomic E-state index is 0.0320. The lowest BCUT2D eigenvalue weighted by Crippen LogP contribution is -2.09. The Kier molecular flexibility index (Phi) is 4.15. The molecule has 0 unspecified atom stereocenters. The molecule has 0 bridgehead atoms. The first-order valence-electron chi connectivity index (χ1n) is 7.13. The third-order valence-electron chi connectivity index (χ3n) is 3.44. The van der Waals surface area contributed by atoms with Gasteiger partial charge in [0.25, 0.3) is 0 Å². The van der Waals surface area contributed by atoms with Crippen molar-refractivity contribution < 1.29 is 19.4 Å². The highest BCUT2D eigenvalue weighted by atomic mass is 16.5. The second-order valence-corrected chi connectivity index (χ2v) is 5.00. The number of rotatable bonds is 4. The number of phenols is 1. The van der Waals surface area contributed by atoms with Crippen LogP contribution in [-0.2, 0) is 11.3 Å². The van der Waals surface area contributed by atoms with E-state index < -0.39 is 5.97 Å². The predicted molar refractivity (Wildman–Crippen MR) is 87.7 cm³/mol. The summed E-state index contributed by atoms with van der Waals surface area (Å²) in [5.41, 5.74) is 6.59. The molecule has 7 heteroatoms. The number of carbonyl (C=O) groups is 1. The van der Waals surface area contributed by atoms with Gasteiger partial charge in [-0.2, -0.15) is 0 Å². The van der Waals surface area contributed by atoms with Crippen LogP contribution >= 0.6 is 0 Å². The third kappa shape index (κ3) is 3.05. The average Bonchev–Trinajstić information content (AvgIpc) is 2.59. The summed E-state index contributed by atoms with van der Waals surface area (Å²) in [5, 5.41) is 10.6. The predicted octanol–water partition coefficient (Wildman–Crippen LogP) is 2.28. The van der Waals surface area contributed by atoms with Gasteiger partial charge < -0.3 is 20.3 Å². The Bertz CT molecular complexity index is 911. The van der Waals surface area contributed by atoms with Crippen molar-refractivity contribution in [3.05, 3.63) is 53.9 Å². The van der Waals surface area contributed by atoms with Crippen LogP contribution in [0.5, 0.6) is 11.5 Å². The first-order valence-corrected chi connectivity index (χ1v) is 7.13. The zero-order valence-electron chi connectivity index (χ0n) is 12.9. The highest BCUT2D eigenvalue weighted by Gasteiger charge is 2.15. The molecular weight excluding hydrogens is 310 g/mol. The van der Waals surface area contributed by atoms with Crippen LogP contribution in [0, 0.1) is 0 Å². The van der Waals surface area contributed by atoms with Crippen molar-refractivity contribution in [2.45, 2.75) is 6.61 Å². The van der Waals surface area contributed by atoms with Crippen molar-refractivity contribution in [1.82, 2.24) is 9.97 Å². The molecule has 1 heterocycles. The third-order valence-corrected chi connectivity index (χ3v) is 3.44. The van der Waals surface area contributed by atoms with E-state index in [9.17, 15) is 9.90 Å². The van der Waals surface area contributed by atoms with Crippen LogP contribution in [0.2, 0.25) is 0 Å². The first kappa shape index (κ1) is 15.5. The maximum Gasteiger partial charge on any atom is 0.342 e. The number of para-hydroxylation sites is 1. The molecule has 3 aromatic rings. The molecule has 122 valence electrons. The minimum Gasteiger partial charge on any atom is -0.507 e. The molecule has 7 nitrogen and oxygen atoms in total. The van der Waals surface area contributed by atoms with E-state index in [1.54, 1.807) is 12.1 Å². The number of nitrogens with zero attached hydrogens (tertiary/aromatic N) is 2. The van der Waals surface area contributed by atoms with E-state index in [0.29, 0.717) is 17.1 Å². The topological polar surface area (TPSA) is 108 Å². The molecule has 0 aliphatic heterocycles. The minimum atomic E-state index is -0.689. The highest BCUT2D eigenvalue weighted by molar-refractivity contribution is 5.92. The summed E-state index contributed by atoms with van der Waals surface area (Å²) < 4.78 is 10.1. The van der Waals surface area contributed by atoms with Gasteiger partial charge in [0.2, 0.25) is 0 Å². The molecule has 0 saturated carbocycles. The van der Waals surface area contributed by atoms with Crippen molar-refractivity contribution in [2.24, 2.45) is 0 Å². The van der Waals surface area contributed by atoms with E-state index in [2.05, 4.69) is 9.97 Å². The summed E-state index contributed by atoms with van der Waals surface area (Å²) in [6.07, 6.45) is 0. The molecule has 0 atom stereocenters. The van der Waals surface area contributed by atoms with Gasteiger partial charge in [0.15, 0.2) is 12.4 Å². The number of fused-ring (bicyclic) bond motifs is 1. The number of aromatic nitrogens is 2. The number of phenolic OH excluding ortho intramolecular Hbond substituents is 1. The Balaban J connectivity index is 1.77. The Morgan fingerprint density at radius 3 is 2.75 bits per heavy atom. The molecule has 0 radical (unpaired) electrons. The van der Waals surface area contributed by atoms with E-state index in [-0.39, 0.29) is 23.7 Å². The second-order valence-electron chi connectivity index (χ2n) is 5.00. The number of ether oxygens (including phenoxy) is 2. The smallest absolute Gasteiger partial charge is 0.342 e. The van der Waals surface area contributed by atoms with E-state index in [0.717, 1.165) is 5.39 Å². The van der Waals surface area contributed by atoms with Crippen molar-refractivity contribution in [1.29, 1.82) is 0 Å². The summed E-state index contributed by atoms with van der Waals surface area (Å²) in [6.45, 7) is -0.153. The number of anilines is 1. The fourth-order valence-electron chi connectivity index (χ4n) is 2.23. The Morgan fingerprint density at radius 2 is 2.00 bits per heavy atom. The maximum atomic E-state index is 12.1. The number of nitrogens with two attached hydrogens (primary N) is 1. The molecule has 0 amide bonds. The molecule has 3 rings (SSSR count). The van der Waals surface area contributed by atoms with Crippen LogP contribution in [-0.4, -0.2) is 28.2 Å². The molecule has 0 saturated heterocycles. The van der Waals surface area contributed by atoms with Crippen LogP contribution < -0.4 is 10.5 Å². The fraction of sp³-hybridized carbons (Fsp3) is 0.118. The number of hydrogen-bond acceptors (Lipinski definition) is 7. The van der Waals surface area contributed by atoms with Gasteiger partial charge in [-0.3, -0.25) is 0 Å². The summed E-state index contributed by atoms with van der Waals surface area (Å²) in [7, 11) is 1.47. The number of nitrogen functional groups attached to an aromatic ring is 1. The lowest BCUT2D eigenvalue weighted by atomic mass is 10.2. The largest absolute Gasteiger partial charge is 0.507 e. The average molecular weight is 325 g/mol. The zero-order chi connectivity index (χ0) is 17.1. The quantitative estimate of drug-likeness (QED) is 0.708. The van der Waals surface area contributed by atoms with Gasteiger partial charge in [-0.25, -0.2) is 14.8 Å². The normalized spacial score (nSPS) is 10.5. The van der Waals surface area contributed by atoms with Gasteiger partial charge in [-0.15, -0.1) is 0 Å². The molecule has 24 heavy (non-hydrogen) atoms. The van der Waals surface area contributed by atoms with E-state index >= 15 is 0 Å². The molecule has 1 aromatic heterocycles. The number of methoxy groups -OCH3 is 1. The number of benzene rings is 2. The van der Waals surface area contributed by atoms with E-state index in [1.807, 2.05) is 18.2 Å². The summed E-state index contributed by atoms with van der Waals surface area (Å²) in [6, 6.07) is 11.6. The number of esters is 1. The number of carbonyl (C=O) groups excluding carboxylic acids is 1. The molecule has 0 fully saturated rings. The Labute approximate surface area is 137 Å². The van der Waals surface area contributed by atoms with Gasteiger partial charge in [-0.1, -0.05) is 12.1 Å². The van der Waals surface area contributed by atoms with Crippen LogP contribution in [0.4, 0.5) is 5.82 Å². The molecule has 0 aliphatic carbocycles. The molecule has 0 spiro atoms. The summed E-state index contributed by atoms with van der Waals surface area (Å²) >= 11 is 0. The molecule has 3 N–H and O–H groups in total. The van der Waals surface area contributed by atoms with Gasteiger partial charge >= 0.3 is 5.97 Å². The van der Waals surface area contributed by atoms with Crippen LogP contribution in [0.15, 0.2) is 42.5 Å². The summed E-state index contributed by atoms with van der Waals surface area (Å²) in [4.78, 5) is 20.5. The molecule has 0 aliphatic rings. The van der Waals surface area contributed by atoms with Crippen molar-refractivity contribution in [3.8, 4) is 11.5 Å². The number of hydrogen-bond donors (Lipinski definition) is 2. The van der Waals surface area contributed by atoms with Gasteiger partial charge in [0.05, 0.1) is 12.6 Å². The van der Waals surface area contributed by atoms with Gasteiger partial charge in [0, 0.05) is 11.5 Å². The Morgan fingerprint density at radius 1 is 1.21 bits per heavy atom. The van der Waals surface area contributed by atoms with Gasteiger partial charge in [-0.05, 0) is 24.3 Å². The Hall–Kier alpha value is -3.35. The molecular formula is C17H15N3O4. The summed E-state index contributed by atoms with van der Waals surface area (Å²) in [5.74, 6) is 0.130. The lowest BCUT2D eigenvalue weighted by Gasteiger charge is -2.08. The second kappa shape index (κ2) is 6.41. The molecule has 2 aromatic carbocycles. The first-order chi connectivity index (χ1) is 11.6. The van der Waals surface area contributed by atoms with Crippen molar-refractivity contribution in [2.75, 3.05) is 12.8 Å². The van der Waals surface area contributed by atoms with Crippen LogP contribution in [0.25, 0.3) is 10.9 Å². The van der Waals surface area contributed by atoms with E-state index in [4.69, 9.17) is 15.2 Å². The van der Waals surface area contributed by atoms with Crippen molar-refractivity contribution in [3.63, 3.8) is 0 Å².